The molecule has 0 unspecified atom stereocenters. The molecule has 0 atom stereocenters. The summed E-state index contributed by atoms with van der Waals surface area (Å²) in [7, 11) is 0. The van der Waals surface area contributed by atoms with Gasteiger partial charge in [0.15, 0.2) is 0 Å². The van der Waals surface area contributed by atoms with E-state index in [9.17, 15) is 9.59 Å². The minimum atomic E-state index is -0.411. The molecule has 2 amide bonds. The molecule has 3 N–H and O–H groups in total. The Bertz CT molecular complexity index is 1000. The standard InChI is InChI=1S/C19H16ClN3O2S2/c1-11-17(27-19(22-11)12-5-4-6-13(20)9-12)18(25)23-14-7-2-3-8-15(14)26-10-16(21)24/h2-9H,10H2,1H3,(H2,21,24)(H,23,25). The topological polar surface area (TPSA) is 85.1 Å². The number of carbonyl (C=O) groups excluding carboxylic acids is 2. The number of benzene rings is 2. The zero-order chi connectivity index (χ0) is 19.4. The second-order valence-electron chi connectivity index (χ2n) is 5.65. The molecule has 0 aliphatic rings. The van der Waals surface area contributed by atoms with Crippen molar-refractivity contribution in [2.75, 3.05) is 11.1 Å². The Kier molecular flexibility index (Phi) is 6.15. The van der Waals surface area contributed by atoms with Gasteiger partial charge in [-0.2, -0.15) is 0 Å². The van der Waals surface area contributed by atoms with Gasteiger partial charge in [0.05, 0.1) is 17.1 Å². The van der Waals surface area contributed by atoms with Crippen molar-refractivity contribution in [3.05, 3.63) is 64.1 Å². The quantitative estimate of drug-likeness (QED) is 0.574. The Balaban J connectivity index is 1.82. The van der Waals surface area contributed by atoms with Gasteiger partial charge in [-0.15, -0.1) is 23.1 Å². The molecule has 138 valence electrons. The fourth-order valence-electron chi connectivity index (χ4n) is 2.38. The minimum absolute atomic E-state index is 0.144. The molecule has 0 saturated carbocycles. The van der Waals surface area contributed by atoms with Crippen LogP contribution in [-0.4, -0.2) is 22.6 Å². The van der Waals surface area contributed by atoms with E-state index in [0.29, 0.717) is 21.3 Å². The lowest BCUT2D eigenvalue weighted by atomic mass is 10.2. The number of hydrogen-bond acceptors (Lipinski definition) is 5. The number of thiazole rings is 1. The third-order valence-corrected chi connectivity index (χ3v) is 6.12. The lowest BCUT2D eigenvalue weighted by molar-refractivity contribution is -0.115. The number of halogens is 1. The third kappa shape index (κ3) is 4.88. The van der Waals surface area contributed by atoms with Crippen LogP contribution in [0.4, 0.5) is 5.69 Å². The molecular formula is C19H16ClN3O2S2. The van der Waals surface area contributed by atoms with Gasteiger partial charge in [-0.05, 0) is 31.2 Å². The summed E-state index contributed by atoms with van der Waals surface area (Å²) in [5.74, 6) is -0.512. The number of nitrogens with one attached hydrogen (secondary N) is 1. The highest BCUT2D eigenvalue weighted by atomic mass is 35.5. The molecule has 0 spiro atoms. The highest BCUT2D eigenvalue weighted by molar-refractivity contribution is 8.00. The Morgan fingerprint density at radius 3 is 2.74 bits per heavy atom. The van der Waals surface area contributed by atoms with E-state index in [1.807, 2.05) is 36.4 Å². The van der Waals surface area contributed by atoms with E-state index < -0.39 is 5.91 Å². The lowest BCUT2D eigenvalue weighted by Crippen LogP contribution is -2.14. The monoisotopic (exact) mass is 417 g/mol. The van der Waals surface area contributed by atoms with Gasteiger partial charge in [0, 0.05) is 15.5 Å². The molecule has 0 fully saturated rings. The van der Waals surface area contributed by atoms with Crippen molar-refractivity contribution >= 4 is 52.2 Å². The number of rotatable bonds is 6. The zero-order valence-electron chi connectivity index (χ0n) is 14.4. The number of thioether (sulfide) groups is 1. The van der Waals surface area contributed by atoms with E-state index in [0.717, 1.165) is 15.5 Å². The molecule has 2 aromatic carbocycles. The van der Waals surface area contributed by atoms with Gasteiger partial charge in [0.1, 0.15) is 9.88 Å². The molecule has 3 rings (SSSR count). The number of primary amides is 1. The maximum atomic E-state index is 12.8. The smallest absolute Gasteiger partial charge is 0.267 e. The van der Waals surface area contributed by atoms with Crippen LogP contribution in [-0.2, 0) is 4.79 Å². The molecule has 1 aromatic heterocycles. The number of para-hydroxylation sites is 1. The average Bonchev–Trinajstić information content (AvgIpc) is 3.03. The largest absolute Gasteiger partial charge is 0.369 e. The Hall–Kier alpha value is -2.35. The molecule has 1 heterocycles. The summed E-state index contributed by atoms with van der Waals surface area (Å²) >= 11 is 8.64. The molecule has 0 aliphatic carbocycles. The fourth-order valence-corrected chi connectivity index (χ4v) is 4.27. The minimum Gasteiger partial charge on any atom is -0.369 e. The summed E-state index contributed by atoms with van der Waals surface area (Å²) in [5.41, 5.74) is 7.35. The van der Waals surface area contributed by atoms with E-state index in [2.05, 4.69) is 10.3 Å². The van der Waals surface area contributed by atoms with Crippen LogP contribution in [0.15, 0.2) is 53.4 Å². The van der Waals surface area contributed by atoms with Gasteiger partial charge in [-0.3, -0.25) is 9.59 Å². The van der Waals surface area contributed by atoms with Crippen LogP contribution >= 0.6 is 34.7 Å². The van der Waals surface area contributed by atoms with Gasteiger partial charge in [-0.1, -0.05) is 35.9 Å². The summed E-state index contributed by atoms with van der Waals surface area (Å²) in [4.78, 5) is 29.6. The Morgan fingerprint density at radius 1 is 1.22 bits per heavy atom. The highest BCUT2D eigenvalue weighted by Crippen LogP contribution is 2.31. The maximum absolute atomic E-state index is 12.8. The lowest BCUT2D eigenvalue weighted by Gasteiger charge is -2.09. The zero-order valence-corrected chi connectivity index (χ0v) is 16.8. The summed E-state index contributed by atoms with van der Waals surface area (Å²) < 4.78 is 0. The van der Waals surface area contributed by atoms with Crippen molar-refractivity contribution in [3.8, 4) is 10.6 Å². The number of anilines is 1. The van der Waals surface area contributed by atoms with E-state index in [-0.39, 0.29) is 11.7 Å². The Labute approximate surface area is 170 Å². The number of nitrogens with two attached hydrogens (primary N) is 1. The summed E-state index contributed by atoms with van der Waals surface area (Å²) in [5, 5.41) is 4.25. The first-order valence-electron chi connectivity index (χ1n) is 7.99. The van der Waals surface area contributed by atoms with Crippen molar-refractivity contribution < 1.29 is 9.59 Å². The van der Waals surface area contributed by atoms with Gasteiger partial charge < -0.3 is 11.1 Å². The number of nitrogens with zero attached hydrogens (tertiary/aromatic N) is 1. The first-order chi connectivity index (χ1) is 12.9. The summed E-state index contributed by atoms with van der Waals surface area (Å²) in [6, 6.07) is 14.6. The van der Waals surface area contributed by atoms with Crippen molar-refractivity contribution in [1.82, 2.24) is 4.98 Å². The highest BCUT2D eigenvalue weighted by Gasteiger charge is 2.18. The maximum Gasteiger partial charge on any atom is 0.267 e. The van der Waals surface area contributed by atoms with Gasteiger partial charge >= 0.3 is 0 Å². The second kappa shape index (κ2) is 8.56. The third-order valence-electron chi connectivity index (χ3n) is 3.58. The predicted molar refractivity (Wildman–Crippen MR) is 112 cm³/mol. The normalized spacial score (nSPS) is 10.6. The molecule has 8 heteroatoms. The van der Waals surface area contributed by atoms with Gasteiger partial charge in [-0.25, -0.2) is 4.98 Å². The summed E-state index contributed by atoms with van der Waals surface area (Å²) in [6.45, 7) is 1.80. The number of aromatic nitrogens is 1. The number of aryl methyl sites for hydroxylation is 1. The summed E-state index contributed by atoms with van der Waals surface area (Å²) in [6.07, 6.45) is 0. The van der Waals surface area contributed by atoms with E-state index in [1.165, 1.54) is 23.1 Å². The average molecular weight is 418 g/mol. The van der Waals surface area contributed by atoms with Crippen molar-refractivity contribution in [3.63, 3.8) is 0 Å². The fraction of sp³-hybridized carbons (Fsp3) is 0.105. The van der Waals surface area contributed by atoms with Crippen LogP contribution in [0.3, 0.4) is 0 Å². The first-order valence-corrected chi connectivity index (χ1v) is 10.2. The first kappa shape index (κ1) is 19.4. The van der Waals surface area contributed by atoms with E-state index in [4.69, 9.17) is 17.3 Å². The van der Waals surface area contributed by atoms with Crippen molar-refractivity contribution in [2.24, 2.45) is 5.73 Å². The SMILES string of the molecule is Cc1nc(-c2cccc(Cl)c2)sc1C(=O)Nc1ccccc1SCC(N)=O. The van der Waals surface area contributed by atoms with Crippen LogP contribution in [0, 0.1) is 6.92 Å². The molecular weight excluding hydrogens is 402 g/mol. The van der Waals surface area contributed by atoms with Crippen molar-refractivity contribution in [1.29, 1.82) is 0 Å². The van der Waals surface area contributed by atoms with Crippen LogP contribution in [0.2, 0.25) is 5.02 Å². The van der Waals surface area contributed by atoms with Gasteiger partial charge in [0.25, 0.3) is 5.91 Å². The van der Waals surface area contributed by atoms with E-state index >= 15 is 0 Å². The van der Waals surface area contributed by atoms with Crippen LogP contribution in [0.5, 0.6) is 0 Å². The van der Waals surface area contributed by atoms with Crippen LogP contribution < -0.4 is 11.1 Å². The molecule has 5 nitrogen and oxygen atoms in total. The van der Waals surface area contributed by atoms with Crippen LogP contribution in [0.1, 0.15) is 15.4 Å². The molecule has 27 heavy (non-hydrogen) atoms. The van der Waals surface area contributed by atoms with Crippen molar-refractivity contribution in [2.45, 2.75) is 11.8 Å². The molecule has 3 aromatic rings. The molecule has 0 radical (unpaired) electrons. The number of carbonyl (C=O) groups is 2. The molecule has 0 saturated heterocycles. The molecule has 0 aliphatic heterocycles. The number of amides is 2. The van der Waals surface area contributed by atoms with E-state index in [1.54, 1.807) is 19.1 Å². The Morgan fingerprint density at radius 2 is 2.00 bits per heavy atom. The molecule has 0 bridgehead atoms. The van der Waals surface area contributed by atoms with Crippen LogP contribution in [0.25, 0.3) is 10.6 Å². The second-order valence-corrected chi connectivity index (χ2v) is 8.10. The van der Waals surface area contributed by atoms with Gasteiger partial charge in [0.2, 0.25) is 5.91 Å². The predicted octanol–water partition coefficient (Wildman–Crippen LogP) is 4.60. The number of hydrogen-bond donors (Lipinski definition) is 2.